The maximum atomic E-state index is 8.48. The summed E-state index contributed by atoms with van der Waals surface area (Å²) in [6, 6.07) is 0.335. The second kappa shape index (κ2) is 9.46. The summed E-state index contributed by atoms with van der Waals surface area (Å²) in [4.78, 5) is 2.27. The Morgan fingerprint density at radius 3 is 2.50 bits per heavy atom. The fourth-order valence-corrected chi connectivity index (χ4v) is 1.68. The number of oxime groups is 1. The third kappa shape index (κ3) is 7.51. The minimum atomic E-state index is 0.310. The molecule has 0 radical (unpaired) electrons. The van der Waals surface area contributed by atoms with Gasteiger partial charge >= 0.3 is 0 Å². The van der Waals surface area contributed by atoms with E-state index in [4.69, 9.17) is 10.9 Å². The van der Waals surface area contributed by atoms with Crippen molar-refractivity contribution >= 4 is 5.84 Å². The van der Waals surface area contributed by atoms with Crippen LogP contribution in [0.1, 0.15) is 52.4 Å². The lowest BCUT2D eigenvalue weighted by Crippen LogP contribution is -2.33. The minimum absolute atomic E-state index is 0.310. The van der Waals surface area contributed by atoms with Gasteiger partial charge in [0.1, 0.15) is 5.84 Å². The Labute approximate surface area is 99.5 Å². The lowest BCUT2D eigenvalue weighted by Gasteiger charge is -2.24. The number of rotatable bonds is 9. The number of amidine groups is 1. The van der Waals surface area contributed by atoms with Crippen molar-refractivity contribution < 1.29 is 5.21 Å². The Morgan fingerprint density at radius 1 is 1.31 bits per heavy atom. The fourth-order valence-electron chi connectivity index (χ4n) is 1.68. The van der Waals surface area contributed by atoms with E-state index in [-0.39, 0.29) is 0 Å². The first-order valence-corrected chi connectivity index (χ1v) is 6.28. The molecule has 0 aromatic heterocycles. The minimum Gasteiger partial charge on any atom is -0.409 e. The topological polar surface area (TPSA) is 61.8 Å². The van der Waals surface area contributed by atoms with Crippen LogP contribution in [0.4, 0.5) is 0 Å². The van der Waals surface area contributed by atoms with Gasteiger partial charge in [-0.1, -0.05) is 37.8 Å². The van der Waals surface area contributed by atoms with E-state index in [1.54, 1.807) is 0 Å². The van der Waals surface area contributed by atoms with Crippen molar-refractivity contribution in [2.24, 2.45) is 10.9 Å². The summed E-state index contributed by atoms with van der Waals surface area (Å²) < 4.78 is 0. The smallest absolute Gasteiger partial charge is 0.140 e. The van der Waals surface area contributed by atoms with Crippen molar-refractivity contribution in [1.29, 1.82) is 0 Å². The maximum Gasteiger partial charge on any atom is 0.140 e. The highest BCUT2D eigenvalue weighted by atomic mass is 16.4. The highest BCUT2D eigenvalue weighted by Gasteiger charge is 2.10. The molecule has 16 heavy (non-hydrogen) atoms. The molecule has 0 bridgehead atoms. The average Bonchev–Trinajstić information content (AvgIpc) is 2.28. The number of hydrogen-bond donors (Lipinski definition) is 2. The Balaban J connectivity index is 3.59. The fraction of sp³-hybridized carbons (Fsp3) is 0.917. The molecular formula is C12H27N3O. The molecule has 0 fully saturated rings. The number of nitrogens with zero attached hydrogens (tertiary/aromatic N) is 2. The first kappa shape index (κ1) is 15.2. The highest BCUT2D eigenvalue weighted by Crippen LogP contribution is 2.06. The lowest BCUT2D eigenvalue weighted by atomic mass is 10.1. The van der Waals surface area contributed by atoms with Crippen LogP contribution in [0.5, 0.6) is 0 Å². The van der Waals surface area contributed by atoms with Crippen LogP contribution in [-0.4, -0.2) is 35.6 Å². The Morgan fingerprint density at radius 2 is 1.94 bits per heavy atom. The van der Waals surface area contributed by atoms with Gasteiger partial charge in [0.2, 0.25) is 0 Å². The zero-order valence-electron chi connectivity index (χ0n) is 10.9. The molecule has 4 heteroatoms. The average molecular weight is 229 g/mol. The molecule has 0 aliphatic carbocycles. The van der Waals surface area contributed by atoms with Gasteiger partial charge in [0.05, 0.1) is 0 Å². The number of unbranched alkanes of at least 4 members (excludes halogenated alkanes) is 4. The molecule has 0 spiro atoms. The highest BCUT2D eigenvalue weighted by molar-refractivity contribution is 5.80. The second-order valence-electron chi connectivity index (χ2n) is 4.54. The normalized spacial score (nSPS) is 14.4. The molecule has 0 saturated heterocycles. The predicted molar refractivity (Wildman–Crippen MR) is 68.9 cm³/mol. The van der Waals surface area contributed by atoms with E-state index in [9.17, 15) is 0 Å². The molecule has 0 aliphatic rings. The SMILES string of the molecule is CCCCCCCN(C)C(C)CC(N)=NO. The van der Waals surface area contributed by atoms with Gasteiger partial charge in [-0.15, -0.1) is 0 Å². The third-order valence-corrected chi connectivity index (χ3v) is 3.00. The van der Waals surface area contributed by atoms with Gasteiger partial charge in [-0.05, 0) is 26.9 Å². The Kier molecular flexibility index (Phi) is 9.00. The first-order valence-electron chi connectivity index (χ1n) is 6.28. The van der Waals surface area contributed by atoms with Crippen LogP contribution in [0.3, 0.4) is 0 Å². The predicted octanol–water partition coefficient (Wildman–Crippen LogP) is 2.41. The van der Waals surface area contributed by atoms with Crippen LogP contribution in [0.25, 0.3) is 0 Å². The molecule has 0 rings (SSSR count). The zero-order valence-corrected chi connectivity index (χ0v) is 10.9. The van der Waals surface area contributed by atoms with E-state index in [2.05, 4.69) is 31.0 Å². The van der Waals surface area contributed by atoms with Crippen molar-refractivity contribution in [3.05, 3.63) is 0 Å². The summed E-state index contributed by atoms with van der Waals surface area (Å²) >= 11 is 0. The zero-order chi connectivity index (χ0) is 12.4. The van der Waals surface area contributed by atoms with Gasteiger partial charge < -0.3 is 15.8 Å². The molecule has 1 atom stereocenters. The van der Waals surface area contributed by atoms with Gasteiger partial charge in [-0.25, -0.2) is 0 Å². The van der Waals surface area contributed by atoms with E-state index < -0.39 is 0 Å². The molecule has 0 aromatic carbocycles. The van der Waals surface area contributed by atoms with Crippen molar-refractivity contribution in [3.8, 4) is 0 Å². The van der Waals surface area contributed by atoms with Gasteiger partial charge in [-0.3, -0.25) is 0 Å². The molecular weight excluding hydrogens is 202 g/mol. The van der Waals surface area contributed by atoms with Crippen LogP contribution < -0.4 is 5.73 Å². The molecule has 0 saturated carbocycles. The molecule has 3 N–H and O–H groups in total. The van der Waals surface area contributed by atoms with Crippen LogP contribution >= 0.6 is 0 Å². The van der Waals surface area contributed by atoms with Crippen LogP contribution in [-0.2, 0) is 0 Å². The summed E-state index contributed by atoms with van der Waals surface area (Å²) in [5.41, 5.74) is 5.48. The summed E-state index contributed by atoms with van der Waals surface area (Å²) in [5, 5.41) is 11.5. The standard InChI is InChI=1S/C12H27N3O/c1-4-5-6-7-8-9-15(3)11(2)10-12(13)14-16/h11,16H,4-10H2,1-3H3,(H2,13,14). The van der Waals surface area contributed by atoms with Crippen LogP contribution in [0.2, 0.25) is 0 Å². The molecule has 0 amide bonds. The molecule has 0 heterocycles. The monoisotopic (exact) mass is 229 g/mol. The van der Waals surface area contributed by atoms with E-state index in [0.29, 0.717) is 18.3 Å². The summed E-state index contributed by atoms with van der Waals surface area (Å²) in [7, 11) is 2.09. The molecule has 0 aliphatic heterocycles. The van der Waals surface area contributed by atoms with Gasteiger partial charge in [0.25, 0.3) is 0 Å². The van der Waals surface area contributed by atoms with E-state index in [1.165, 1.54) is 32.1 Å². The summed E-state index contributed by atoms with van der Waals surface area (Å²) in [6.07, 6.45) is 7.12. The third-order valence-electron chi connectivity index (χ3n) is 3.00. The molecule has 4 nitrogen and oxygen atoms in total. The summed E-state index contributed by atoms with van der Waals surface area (Å²) in [5.74, 6) is 0.310. The van der Waals surface area contributed by atoms with Gasteiger partial charge in [0, 0.05) is 12.5 Å². The van der Waals surface area contributed by atoms with Crippen molar-refractivity contribution in [2.75, 3.05) is 13.6 Å². The first-order chi connectivity index (χ1) is 7.61. The summed E-state index contributed by atoms with van der Waals surface area (Å²) in [6.45, 7) is 5.42. The Bertz CT molecular complexity index is 195. The number of hydrogen-bond acceptors (Lipinski definition) is 3. The largest absolute Gasteiger partial charge is 0.409 e. The molecule has 0 aromatic rings. The van der Waals surface area contributed by atoms with Crippen LogP contribution in [0.15, 0.2) is 5.16 Å². The van der Waals surface area contributed by atoms with Crippen molar-refractivity contribution in [3.63, 3.8) is 0 Å². The number of nitrogens with two attached hydrogens (primary N) is 1. The van der Waals surface area contributed by atoms with E-state index in [0.717, 1.165) is 6.54 Å². The van der Waals surface area contributed by atoms with Crippen LogP contribution in [0, 0.1) is 0 Å². The quantitative estimate of drug-likeness (QED) is 0.210. The van der Waals surface area contributed by atoms with E-state index >= 15 is 0 Å². The second-order valence-corrected chi connectivity index (χ2v) is 4.54. The molecule has 96 valence electrons. The maximum absolute atomic E-state index is 8.48. The van der Waals surface area contributed by atoms with Crippen molar-refractivity contribution in [1.82, 2.24) is 4.90 Å². The molecule has 1 unspecified atom stereocenters. The lowest BCUT2D eigenvalue weighted by molar-refractivity contribution is 0.253. The van der Waals surface area contributed by atoms with E-state index in [1.807, 2.05) is 0 Å². The van der Waals surface area contributed by atoms with Gasteiger partial charge in [0.15, 0.2) is 0 Å². The van der Waals surface area contributed by atoms with Gasteiger partial charge in [-0.2, -0.15) is 0 Å². The Hall–Kier alpha value is -0.770. The van der Waals surface area contributed by atoms with Crippen molar-refractivity contribution in [2.45, 2.75) is 58.4 Å².